The summed E-state index contributed by atoms with van der Waals surface area (Å²) in [7, 11) is 0. The van der Waals surface area contributed by atoms with Crippen LogP contribution in [0.4, 0.5) is 5.95 Å². The summed E-state index contributed by atoms with van der Waals surface area (Å²) in [6.07, 6.45) is 6.17. The number of rotatable bonds is 3. The molecule has 0 saturated carbocycles. The number of thioether (sulfide) groups is 1. The molecule has 0 amide bonds. The van der Waals surface area contributed by atoms with Gasteiger partial charge in [0.15, 0.2) is 0 Å². The van der Waals surface area contributed by atoms with Crippen LogP contribution >= 0.6 is 11.8 Å². The third-order valence-corrected chi connectivity index (χ3v) is 3.47. The summed E-state index contributed by atoms with van der Waals surface area (Å²) in [6, 6.07) is 0. The number of nitrogens with zero attached hydrogens (tertiary/aromatic N) is 3. The Labute approximate surface area is 95.3 Å². The van der Waals surface area contributed by atoms with Gasteiger partial charge in [0.1, 0.15) is 0 Å². The minimum absolute atomic E-state index is 0.898. The zero-order valence-electron chi connectivity index (χ0n) is 9.15. The molecule has 0 aliphatic carbocycles. The third kappa shape index (κ3) is 2.84. The number of aryl methyl sites for hydroxylation is 1. The molecule has 0 N–H and O–H groups in total. The average molecular weight is 223 g/mol. The molecule has 2 heterocycles. The molecule has 0 atom stereocenters. The molecule has 1 aliphatic rings. The lowest BCUT2D eigenvalue weighted by Crippen LogP contribution is -2.33. The summed E-state index contributed by atoms with van der Waals surface area (Å²) < 4.78 is 0. The first-order valence-electron chi connectivity index (χ1n) is 5.54. The van der Waals surface area contributed by atoms with Gasteiger partial charge in [0.25, 0.3) is 0 Å². The Kier molecular flexibility index (Phi) is 3.83. The highest BCUT2D eigenvalue weighted by Gasteiger charge is 2.12. The van der Waals surface area contributed by atoms with Gasteiger partial charge in [0.2, 0.25) is 5.95 Å². The second kappa shape index (κ2) is 5.35. The molecule has 3 nitrogen and oxygen atoms in total. The first-order chi connectivity index (χ1) is 7.40. The Morgan fingerprint density at radius 3 is 2.53 bits per heavy atom. The zero-order valence-corrected chi connectivity index (χ0v) is 9.96. The van der Waals surface area contributed by atoms with Crippen LogP contribution < -0.4 is 4.90 Å². The fraction of sp³-hybridized carbons (Fsp3) is 0.636. The van der Waals surface area contributed by atoms with Crippen molar-refractivity contribution in [3.63, 3.8) is 0 Å². The summed E-state index contributed by atoms with van der Waals surface area (Å²) in [4.78, 5) is 11.1. The van der Waals surface area contributed by atoms with Gasteiger partial charge in [0, 0.05) is 37.0 Å². The van der Waals surface area contributed by atoms with Crippen molar-refractivity contribution in [3.8, 4) is 0 Å². The Morgan fingerprint density at radius 2 is 1.93 bits per heavy atom. The van der Waals surface area contributed by atoms with Gasteiger partial charge in [0.05, 0.1) is 0 Å². The normalized spacial score (nSPS) is 16.7. The van der Waals surface area contributed by atoms with Crippen molar-refractivity contribution in [2.75, 3.05) is 29.5 Å². The van der Waals surface area contributed by atoms with Crippen LogP contribution in [0.25, 0.3) is 0 Å². The second-order valence-electron chi connectivity index (χ2n) is 3.74. The first kappa shape index (κ1) is 10.7. The molecule has 1 aliphatic heterocycles. The highest BCUT2D eigenvalue weighted by Crippen LogP contribution is 2.14. The van der Waals surface area contributed by atoms with Gasteiger partial charge in [-0.2, -0.15) is 11.8 Å². The molecule has 0 spiro atoms. The van der Waals surface area contributed by atoms with Crippen molar-refractivity contribution in [1.82, 2.24) is 9.97 Å². The van der Waals surface area contributed by atoms with E-state index in [-0.39, 0.29) is 0 Å². The second-order valence-corrected chi connectivity index (χ2v) is 4.97. The minimum atomic E-state index is 0.898. The minimum Gasteiger partial charge on any atom is -0.339 e. The predicted octanol–water partition coefficient (Wildman–Crippen LogP) is 1.98. The van der Waals surface area contributed by atoms with Crippen molar-refractivity contribution in [2.24, 2.45) is 0 Å². The van der Waals surface area contributed by atoms with E-state index in [1.165, 1.54) is 17.1 Å². The first-order valence-corrected chi connectivity index (χ1v) is 6.69. The van der Waals surface area contributed by atoms with Crippen LogP contribution in [-0.2, 0) is 6.42 Å². The van der Waals surface area contributed by atoms with Gasteiger partial charge in [-0.15, -0.1) is 0 Å². The molecule has 2 rings (SSSR count). The van der Waals surface area contributed by atoms with Crippen molar-refractivity contribution in [1.29, 1.82) is 0 Å². The molecule has 1 saturated heterocycles. The van der Waals surface area contributed by atoms with Gasteiger partial charge in [-0.3, -0.25) is 0 Å². The summed E-state index contributed by atoms with van der Waals surface area (Å²) >= 11 is 2.01. The van der Waals surface area contributed by atoms with Crippen molar-refractivity contribution in [2.45, 2.75) is 19.8 Å². The molecule has 0 unspecified atom stereocenters. The molecule has 0 radical (unpaired) electrons. The van der Waals surface area contributed by atoms with Crippen molar-refractivity contribution in [3.05, 3.63) is 18.0 Å². The molecule has 0 bridgehead atoms. The van der Waals surface area contributed by atoms with E-state index in [1.54, 1.807) is 0 Å². The molecular weight excluding hydrogens is 206 g/mol. The highest BCUT2D eigenvalue weighted by molar-refractivity contribution is 7.99. The predicted molar refractivity (Wildman–Crippen MR) is 65.6 cm³/mol. The largest absolute Gasteiger partial charge is 0.339 e. The van der Waals surface area contributed by atoms with E-state index in [0.29, 0.717) is 0 Å². The van der Waals surface area contributed by atoms with Crippen LogP contribution in [-0.4, -0.2) is 34.6 Å². The van der Waals surface area contributed by atoms with Crippen LogP contribution in [0, 0.1) is 0 Å². The number of aromatic nitrogens is 2. The van der Waals surface area contributed by atoms with E-state index in [2.05, 4.69) is 21.8 Å². The fourth-order valence-corrected chi connectivity index (χ4v) is 2.60. The maximum Gasteiger partial charge on any atom is 0.225 e. The maximum absolute atomic E-state index is 4.43. The molecule has 1 aromatic rings. The lowest BCUT2D eigenvalue weighted by molar-refractivity contribution is 0.806. The third-order valence-electron chi connectivity index (χ3n) is 2.52. The monoisotopic (exact) mass is 223 g/mol. The van der Waals surface area contributed by atoms with E-state index in [9.17, 15) is 0 Å². The lowest BCUT2D eigenvalue weighted by atomic mass is 10.2. The Bertz CT molecular complexity index is 293. The Morgan fingerprint density at radius 1 is 1.27 bits per heavy atom. The maximum atomic E-state index is 4.43. The van der Waals surface area contributed by atoms with Crippen LogP contribution in [0.1, 0.15) is 18.9 Å². The summed E-state index contributed by atoms with van der Waals surface area (Å²) in [5.41, 5.74) is 1.24. The smallest absolute Gasteiger partial charge is 0.225 e. The molecule has 1 fully saturated rings. The van der Waals surface area contributed by atoms with E-state index in [0.717, 1.165) is 31.9 Å². The molecule has 15 heavy (non-hydrogen) atoms. The van der Waals surface area contributed by atoms with Crippen molar-refractivity contribution < 1.29 is 0 Å². The van der Waals surface area contributed by atoms with E-state index < -0.39 is 0 Å². The zero-order chi connectivity index (χ0) is 10.5. The summed E-state index contributed by atoms with van der Waals surface area (Å²) in [5, 5.41) is 0. The standard InChI is InChI=1S/C11H17N3S/c1-2-3-10-8-12-11(13-9-10)14-4-6-15-7-5-14/h8-9H,2-7H2,1H3. The molecule has 82 valence electrons. The fourth-order valence-electron chi connectivity index (χ4n) is 1.69. The van der Waals surface area contributed by atoms with Gasteiger partial charge in [-0.05, 0) is 12.0 Å². The van der Waals surface area contributed by atoms with Gasteiger partial charge in [-0.25, -0.2) is 9.97 Å². The number of hydrogen-bond acceptors (Lipinski definition) is 4. The van der Waals surface area contributed by atoms with E-state index in [4.69, 9.17) is 0 Å². The summed E-state index contributed by atoms with van der Waals surface area (Å²) in [6.45, 7) is 4.34. The summed E-state index contributed by atoms with van der Waals surface area (Å²) in [5.74, 6) is 3.29. The van der Waals surface area contributed by atoms with Gasteiger partial charge >= 0.3 is 0 Å². The molecule has 4 heteroatoms. The van der Waals surface area contributed by atoms with E-state index >= 15 is 0 Å². The van der Waals surface area contributed by atoms with Crippen LogP contribution in [0.3, 0.4) is 0 Å². The molecule has 1 aromatic heterocycles. The SMILES string of the molecule is CCCc1cnc(N2CCSCC2)nc1. The van der Waals surface area contributed by atoms with Crippen LogP contribution in [0.5, 0.6) is 0 Å². The van der Waals surface area contributed by atoms with Gasteiger partial charge < -0.3 is 4.90 Å². The average Bonchev–Trinajstić information content (AvgIpc) is 2.32. The number of anilines is 1. The molecular formula is C11H17N3S. The van der Waals surface area contributed by atoms with Crippen LogP contribution in [0.2, 0.25) is 0 Å². The Balaban J connectivity index is 2.02. The van der Waals surface area contributed by atoms with Crippen molar-refractivity contribution >= 4 is 17.7 Å². The van der Waals surface area contributed by atoms with Crippen LogP contribution in [0.15, 0.2) is 12.4 Å². The molecule has 0 aromatic carbocycles. The highest BCUT2D eigenvalue weighted by atomic mass is 32.2. The lowest BCUT2D eigenvalue weighted by Gasteiger charge is -2.26. The quantitative estimate of drug-likeness (QED) is 0.783. The Hall–Kier alpha value is -0.770. The topological polar surface area (TPSA) is 29.0 Å². The van der Waals surface area contributed by atoms with E-state index in [1.807, 2.05) is 24.2 Å². The van der Waals surface area contributed by atoms with Gasteiger partial charge in [-0.1, -0.05) is 13.3 Å². The number of hydrogen-bond donors (Lipinski definition) is 0.